The van der Waals surface area contributed by atoms with Crippen LogP contribution in [-0.4, -0.2) is 99.9 Å². The Balaban J connectivity index is 1.13. The van der Waals surface area contributed by atoms with Gasteiger partial charge in [0.15, 0.2) is 28.9 Å². The van der Waals surface area contributed by atoms with Crippen molar-refractivity contribution in [3.05, 3.63) is 29.3 Å². The molecule has 21 nitrogen and oxygen atoms in total. The van der Waals surface area contributed by atoms with Crippen LogP contribution in [0, 0.1) is 11.8 Å². The van der Waals surface area contributed by atoms with Gasteiger partial charge in [0.05, 0.1) is 31.4 Å². The summed E-state index contributed by atoms with van der Waals surface area (Å²) in [5.41, 5.74) is 10.7. The van der Waals surface area contributed by atoms with Crippen LogP contribution in [0.15, 0.2) is 23.8 Å². The zero-order valence-electron chi connectivity index (χ0n) is 23.8. The van der Waals surface area contributed by atoms with Gasteiger partial charge < -0.3 is 44.6 Å². The number of hydrogen-bond donors (Lipinski definition) is 5. The number of rotatable bonds is 3. The summed E-state index contributed by atoms with van der Waals surface area (Å²) in [5.74, 6) is -1.14. The SMILES string of the molecule is CO[C@H]1[C@H]2OP(=O)(O)OC[C@@H]3[C@@H](O[PH](=O)OC[C@H]1O[C@H]2n1cnc2c(=O)[nH]c(N)nc21)[C@@H](O)[C@@]1(n2cnc4c(N)ncnc42)C[C@@H]31. The highest BCUT2D eigenvalue weighted by Crippen LogP contribution is 2.67. The number of anilines is 2. The third-order valence-corrected chi connectivity index (χ3v) is 11.0. The third-order valence-electron chi connectivity index (χ3n) is 9.17. The quantitative estimate of drug-likeness (QED) is 0.163. The number of aliphatic hydroxyl groups excluding tert-OH is 1. The molecule has 4 aromatic heterocycles. The number of aliphatic hydroxyl groups is 1. The van der Waals surface area contributed by atoms with E-state index in [1.165, 1.54) is 30.7 Å². The van der Waals surface area contributed by atoms with Crippen molar-refractivity contribution in [2.45, 2.75) is 48.7 Å². The summed E-state index contributed by atoms with van der Waals surface area (Å²) in [6, 6.07) is 0. The van der Waals surface area contributed by atoms with E-state index < -0.39 is 76.4 Å². The van der Waals surface area contributed by atoms with Crippen LogP contribution in [0.5, 0.6) is 0 Å². The van der Waals surface area contributed by atoms with Crippen LogP contribution >= 0.6 is 16.1 Å². The molecule has 2 unspecified atom stereocenters. The molecule has 46 heavy (non-hydrogen) atoms. The molecule has 7 N–H and O–H groups in total. The number of phosphoric ester groups is 1. The summed E-state index contributed by atoms with van der Waals surface area (Å²) in [4.78, 5) is 46.5. The summed E-state index contributed by atoms with van der Waals surface area (Å²) in [6.07, 6.45) is -2.67. The van der Waals surface area contributed by atoms with Crippen molar-refractivity contribution < 1.29 is 46.7 Å². The lowest BCUT2D eigenvalue weighted by Gasteiger charge is -2.28. The van der Waals surface area contributed by atoms with Gasteiger partial charge in [-0.15, -0.1) is 0 Å². The number of nitrogens with two attached hydrogens (primary N) is 2. The molecule has 2 saturated carbocycles. The fourth-order valence-electron chi connectivity index (χ4n) is 7.10. The predicted octanol–water partition coefficient (Wildman–Crippen LogP) is -0.950. The van der Waals surface area contributed by atoms with Crippen LogP contribution in [0.4, 0.5) is 11.8 Å². The second-order valence-electron chi connectivity index (χ2n) is 11.5. The molecular weight excluding hydrogens is 654 g/mol. The van der Waals surface area contributed by atoms with Gasteiger partial charge in [0.1, 0.15) is 42.4 Å². The molecule has 8 rings (SSSR count). The van der Waals surface area contributed by atoms with Crippen LogP contribution in [0.2, 0.25) is 0 Å². The van der Waals surface area contributed by atoms with E-state index >= 15 is 0 Å². The Labute approximate surface area is 257 Å². The van der Waals surface area contributed by atoms with Crippen molar-refractivity contribution in [1.29, 1.82) is 0 Å². The fourth-order valence-corrected chi connectivity index (χ4v) is 8.94. The number of fused-ring (bicyclic) bond motifs is 7. The molecule has 2 aliphatic heterocycles. The van der Waals surface area contributed by atoms with Crippen molar-refractivity contribution in [2.24, 2.45) is 11.8 Å². The number of phosphoric acid groups is 1. The highest BCUT2D eigenvalue weighted by molar-refractivity contribution is 7.47. The maximum Gasteiger partial charge on any atom is 0.472 e. The average molecular weight is 682 g/mol. The molecule has 6 heterocycles. The average Bonchev–Trinajstić information content (AvgIpc) is 3.30. The summed E-state index contributed by atoms with van der Waals surface area (Å²) >= 11 is 0. The van der Waals surface area contributed by atoms with Gasteiger partial charge in [-0.25, -0.2) is 24.5 Å². The van der Waals surface area contributed by atoms with Crippen LogP contribution in [0.25, 0.3) is 22.3 Å². The Bertz CT molecular complexity index is 1990. The number of hydrogen-bond acceptors (Lipinski definition) is 17. The first kappa shape index (κ1) is 30.0. The highest BCUT2D eigenvalue weighted by atomic mass is 31.2. The van der Waals surface area contributed by atoms with Crippen LogP contribution in [-0.2, 0) is 42.2 Å². The largest absolute Gasteiger partial charge is 0.472 e. The Hall–Kier alpha value is -3.36. The molecule has 0 spiro atoms. The maximum atomic E-state index is 13.5. The molecule has 2 bridgehead atoms. The number of aromatic amines is 1. The van der Waals surface area contributed by atoms with Crippen LogP contribution in [0.1, 0.15) is 12.6 Å². The minimum absolute atomic E-state index is 0.00917. The molecule has 4 fully saturated rings. The van der Waals surface area contributed by atoms with E-state index in [9.17, 15) is 23.9 Å². The minimum atomic E-state index is -4.90. The second kappa shape index (κ2) is 10.6. The number of nitrogens with one attached hydrogen (secondary N) is 1. The Kier molecular flexibility index (Phi) is 6.90. The lowest BCUT2D eigenvalue weighted by molar-refractivity contribution is -0.0582. The van der Waals surface area contributed by atoms with Crippen molar-refractivity contribution in [3.63, 3.8) is 0 Å². The fraction of sp³-hybridized carbons (Fsp3) is 0.565. The molecule has 0 amide bonds. The number of nitrogen functional groups attached to an aromatic ring is 2. The van der Waals surface area contributed by atoms with Gasteiger partial charge >= 0.3 is 16.1 Å². The van der Waals surface area contributed by atoms with E-state index in [0.717, 1.165) is 0 Å². The molecule has 0 radical (unpaired) electrons. The first-order valence-corrected chi connectivity index (χ1v) is 16.8. The summed E-state index contributed by atoms with van der Waals surface area (Å²) < 4.78 is 64.0. The highest BCUT2D eigenvalue weighted by Gasteiger charge is 2.73. The Morgan fingerprint density at radius 3 is 2.76 bits per heavy atom. The van der Waals surface area contributed by atoms with Gasteiger partial charge in [-0.05, 0) is 12.3 Å². The van der Waals surface area contributed by atoms with Gasteiger partial charge in [-0.1, -0.05) is 0 Å². The number of nitrogens with zero attached hydrogens (tertiary/aromatic N) is 7. The first-order valence-electron chi connectivity index (χ1n) is 14.0. The number of imidazole rings is 2. The number of ether oxygens (including phenoxy) is 2. The van der Waals surface area contributed by atoms with Crippen LogP contribution < -0.4 is 17.0 Å². The minimum Gasteiger partial charge on any atom is -0.388 e. The van der Waals surface area contributed by atoms with Gasteiger partial charge in [0.25, 0.3) is 5.56 Å². The topological polar surface area (TPSA) is 289 Å². The van der Waals surface area contributed by atoms with Crippen molar-refractivity contribution in [2.75, 3.05) is 31.8 Å². The first-order chi connectivity index (χ1) is 22.0. The summed E-state index contributed by atoms with van der Waals surface area (Å²) in [5, 5.41) is 11.6. The normalized spacial score (nSPS) is 39.4. The molecule has 4 aromatic rings. The van der Waals surface area contributed by atoms with Crippen molar-refractivity contribution >= 4 is 50.2 Å². The van der Waals surface area contributed by atoms with Crippen molar-refractivity contribution in [1.82, 2.24) is 39.0 Å². The summed E-state index contributed by atoms with van der Waals surface area (Å²) in [6.45, 7) is -0.794. The van der Waals surface area contributed by atoms with E-state index in [1.807, 2.05) is 0 Å². The monoisotopic (exact) mass is 682 g/mol. The molecule has 0 aromatic carbocycles. The smallest absolute Gasteiger partial charge is 0.388 e. The molecule has 23 heteroatoms. The lowest BCUT2D eigenvalue weighted by atomic mass is 10.0. The molecule has 11 atom stereocenters. The number of H-pyrrole nitrogens is 1. The second-order valence-corrected chi connectivity index (χ2v) is 13.9. The Morgan fingerprint density at radius 2 is 1.96 bits per heavy atom. The van der Waals surface area contributed by atoms with Gasteiger partial charge in [-0.2, -0.15) is 4.98 Å². The van der Waals surface area contributed by atoms with E-state index in [4.69, 9.17) is 39.0 Å². The molecule has 2 saturated heterocycles. The predicted molar refractivity (Wildman–Crippen MR) is 153 cm³/mol. The third kappa shape index (κ3) is 4.46. The zero-order chi connectivity index (χ0) is 32.1. The van der Waals surface area contributed by atoms with Crippen LogP contribution in [0.3, 0.4) is 0 Å². The maximum absolute atomic E-state index is 13.5. The zero-order valence-corrected chi connectivity index (χ0v) is 25.7. The van der Waals surface area contributed by atoms with Gasteiger partial charge in [-0.3, -0.25) is 28.0 Å². The Morgan fingerprint density at radius 1 is 1.15 bits per heavy atom. The van der Waals surface area contributed by atoms with E-state index in [1.54, 1.807) is 4.57 Å². The standard InChI is InChI=1S/C23H28N10O11P2/c1-39-14-10-4-40-45(36)43-13-8(9-2-23(9,16(13)34)33-7-29-11-17(24)26-5-27-18(11)33)3-41-46(37,38)44-15(14)21(42-10)32-6-28-12-19(32)30-22(25)31-20(12)35/h5-10,13-16,21,34,45H,2-4H2,1H3,(H,37,38)(H2,24,26,27)(H3,25,30,31,35)/t8-,9-,10+,13+,14+,15+,16+,21+,23+/m0/s1. The molecule has 4 aliphatic rings. The van der Waals surface area contributed by atoms with E-state index in [-0.39, 0.29) is 35.5 Å². The van der Waals surface area contributed by atoms with Crippen molar-refractivity contribution in [3.8, 4) is 0 Å². The number of methoxy groups -OCH3 is 1. The molecule has 246 valence electrons. The van der Waals surface area contributed by atoms with E-state index in [2.05, 4.69) is 29.9 Å². The molecular formula is C23H28N10O11P2. The number of aromatic nitrogens is 8. The van der Waals surface area contributed by atoms with Gasteiger partial charge in [0.2, 0.25) is 5.95 Å². The summed E-state index contributed by atoms with van der Waals surface area (Å²) in [7, 11) is -6.88. The van der Waals surface area contributed by atoms with Gasteiger partial charge in [0, 0.05) is 13.0 Å². The van der Waals surface area contributed by atoms with E-state index in [0.29, 0.717) is 17.6 Å². The lowest BCUT2D eigenvalue weighted by Crippen LogP contribution is -2.40. The molecule has 2 aliphatic carbocycles.